The van der Waals surface area contributed by atoms with Crippen LogP contribution < -0.4 is 0 Å². The van der Waals surface area contributed by atoms with Gasteiger partial charge in [0.05, 0.1) is 11.5 Å². The lowest BCUT2D eigenvalue weighted by Crippen LogP contribution is -2.52. The SMILES string of the molecule is O=C1CC(C(=O)N2CCN(C(=O)c3cccc(Cl)c3)CC2)CN1Cc1cccc(C(F)(F)F)c1. The Morgan fingerprint density at radius 3 is 2.32 bits per heavy atom. The van der Waals surface area contributed by atoms with Crippen molar-refractivity contribution in [3.05, 3.63) is 70.2 Å². The molecule has 0 aliphatic carbocycles. The van der Waals surface area contributed by atoms with E-state index >= 15 is 0 Å². The molecule has 2 heterocycles. The second kappa shape index (κ2) is 9.66. The molecular weight excluding hydrogens is 471 g/mol. The van der Waals surface area contributed by atoms with E-state index in [0.29, 0.717) is 42.3 Å². The van der Waals surface area contributed by atoms with E-state index in [4.69, 9.17) is 11.6 Å². The van der Waals surface area contributed by atoms with Crippen molar-refractivity contribution in [2.75, 3.05) is 32.7 Å². The first-order valence-corrected chi connectivity index (χ1v) is 11.3. The summed E-state index contributed by atoms with van der Waals surface area (Å²) in [5.74, 6) is -1.13. The van der Waals surface area contributed by atoms with Crippen molar-refractivity contribution in [2.24, 2.45) is 5.92 Å². The summed E-state index contributed by atoms with van der Waals surface area (Å²) in [5.41, 5.74) is 0.0813. The Kier molecular flexibility index (Phi) is 6.84. The maximum absolute atomic E-state index is 13.0. The number of carbonyl (C=O) groups excluding carboxylic acids is 3. The minimum absolute atomic E-state index is 0.0223. The molecule has 2 saturated heterocycles. The van der Waals surface area contributed by atoms with Crippen molar-refractivity contribution < 1.29 is 27.6 Å². The van der Waals surface area contributed by atoms with Gasteiger partial charge in [0.25, 0.3) is 5.91 Å². The number of amides is 3. The average molecular weight is 494 g/mol. The predicted molar refractivity (Wildman–Crippen MR) is 119 cm³/mol. The highest BCUT2D eigenvalue weighted by Crippen LogP contribution is 2.30. The van der Waals surface area contributed by atoms with Gasteiger partial charge in [-0.15, -0.1) is 0 Å². The lowest BCUT2D eigenvalue weighted by molar-refractivity contribution is -0.138. The molecule has 0 saturated carbocycles. The number of nitrogens with zero attached hydrogens (tertiary/aromatic N) is 3. The van der Waals surface area contributed by atoms with Crippen LogP contribution in [-0.4, -0.2) is 65.1 Å². The predicted octanol–water partition coefficient (Wildman–Crippen LogP) is 3.69. The Bertz CT molecular complexity index is 1100. The number of alkyl halides is 3. The number of hydrogen-bond acceptors (Lipinski definition) is 3. The van der Waals surface area contributed by atoms with E-state index in [2.05, 4.69) is 0 Å². The van der Waals surface area contributed by atoms with Gasteiger partial charge < -0.3 is 14.7 Å². The average Bonchev–Trinajstić information content (AvgIpc) is 3.18. The number of piperazine rings is 1. The van der Waals surface area contributed by atoms with Crippen LogP contribution in [-0.2, 0) is 22.3 Å². The van der Waals surface area contributed by atoms with Crippen molar-refractivity contribution in [2.45, 2.75) is 19.1 Å². The standard InChI is InChI=1S/C24H23ClF3N3O3/c25-20-6-2-4-17(12-20)22(33)29-7-9-30(10-8-29)23(34)18-13-21(32)31(15-18)14-16-3-1-5-19(11-16)24(26,27)28/h1-6,11-12,18H,7-10,13-15H2. The van der Waals surface area contributed by atoms with Gasteiger partial charge >= 0.3 is 6.18 Å². The fourth-order valence-corrected chi connectivity index (χ4v) is 4.54. The van der Waals surface area contributed by atoms with Gasteiger partial charge in [0, 0.05) is 56.3 Å². The second-order valence-electron chi connectivity index (χ2n) is 8.50. The minimum Gasteiger partial charge on any atom is -0.339 e. The van der Waals surface area contributed by atoms with Crippen LogP contribution in [0.25, 0.3) is 0 Å². The van der Waals surface area contributed by atoms with Crippen LogP contribution in [0.4, 0.5) is 13.2 Å². The van der Waals surface area contributed by atoms with Crippen LogP contribution in [0.2, 0.25) is 5.02 Å². The highest BCUT2D eigenvalue weighted by atomic mass is 35.5. The molecule has 2 aromatic rings. The third kappa shape index (κ3) is 5.35. The summed E-state index contributed by atoms with van der Waals surface area (Å²) >= 11 is 5.96. The molecule has 0 aromatic heterocycles. The molecule has 10 heteroatoms. The molecule has 3 amide bonds. The van der Waals surface area contributed by atoms with Crippen molar-refractivity contribution >= 4 is 29.3 Å². The Labute approximate surface area is 199 Å². The zero-order valence-electron chi connectivity index (χ0n) is 18.2. The van der Waals surface area contributed by atoms with E-state index in [-0.39, 0.29) is 37.2 Å². The summed E-state index contributed by atoms with van der Waals surface area (Å²) in [6.07, 6.45) is -4.43. The summed E-state index contributed by atoms with van der Waals surface area (Å²) in [5, 5.41) is 0.472. The van der Waals surface area contributed by atoms with E-state index < -0.39 is 17.7 Å². The molecule has 0 N–H and O–H groups in total. The lowest BCUT2D eigenvalue weighted by atomic mass is 10.1. The molecule has 2 aliphatic heterocycles. The highest BCUT2D eigenvalue weighted by Gasteiger charge is 2.38. The maximum atomic E-state index is 13.0. The molecule has 2 aliphatic rings. The van der Waals surface area contributed by atoms with E-state index in [1.807, 2.05) is 0 Å². The zero-order chi connectivity index (χ0) is 24.5. The summed E-state index contributed by atoms with van der Waals surface area (Å²) in [7, 11) is 0. The molecule has 180 valence electrons. The summed E-state index contributed by atoms with van der Waals surface area (Å²) < 4.78 is 38.9. The minimum atomic E-state index is -4.46. The third-order valence-corrected chi connectivity index (χ3v) is 6.38. The normalized spacial score (nSPS) is 19.0. The Hall–Kier alpha value is -3.07. The molecular formula is C24H23ClF3N3O3. The van der Waals surface area contributed by atoms with Crippen LogP contribution >= 0.6 is 11.6 Å². The number of hydrogen-bond donors (Lipinski definition) is 0. The summed E-state index contributed by atoms with van der Waals surface area (Å²) in [4.78, 5) is 42.9. The monoisotopic (exact) mass is 493 g/mol. The van der Waals surface area contributed by atoms with Gasteiger partial charge in [-0.2, -0.15) is 13.2 Å². The molecule has 1 atom stereocenters. The van der Waals surface area contributed by atoms with Gasteiger partial charge in [0.15, 0.2) is 0 Å². The van der Waals surface area contributed by atoms with Crippen molar-refractivity contribution in [1.29, 1.82) is 0 Å². The van der Waals surface area contributed by atoms with Crippen molar-refractivity contribution in [3.63, 3.8) is 0 Å². The zero-order valence-corrected chi connectivity index (χ0v) is 19.0. The first kappa shape index (κ1) is 24.1. The Morgan fingerprint density at radius 2 is 1.65 bits per heavy atom. The number of rotatable bonds is 4. The maximum Gasteiger partial charge on any atom is 0.416 e. The lowest BCUT2D eigenvalue weighted by Gasteiger charge is -2.36. The first-order chi connectivity index (χ1) is 16.1. The Morgan fingerprint density at radius 1 is 0.971 bits per heavy atom. The molecule has 0 spiro atoms. The Balaban J connectivity index is 1.32. The van der Waals surface area contributed by atoms with Crippen LogP contribution in [0, 0.1) is 5.92 Å². The molecule has 4 rings (SSSR count). The fourth-order valence-electron chi connectivity index (χ4n) is 4.35. The van der Waals surface area contributed by atoms with Gasteiger partial charge in [-0.05, 0) is 35.9 Å². The highest BCUT2D eigenvalue weighted by molar-refractivity contribution is 6.30. The topological polar surface area (TPSA) is 60.9 Å². The van der Waals surface area contributed by atoms with Gasteiger partial charge in [0.2, 0.25) is 11.8 Å². The summed E-state index contributed by atoms with van der Waals surface area (Å²) in [6.45, 7) is 1.62. The van der Waals surface area contributed by atoms with Crippen molar-refractivity contribution in [3.8, 4) is 0 Å². The molecule has 2 aromatic carbocycles. The third-order valence-electron chi connectivity index (χ3n) is 6.14. The molecule has 0 bridgehead atoms. The first-order valence-electron chi connectivity index (χ1n) is 10.9. The van der Waals surface area contributed by atoms with E-state index in [0.717, 1.165) is 12.1 Å². The van der Waals surface area contributed by atoms with Crippen LogP contribution in [0.1, 0.15) is 27.9 Å². The molecule has 1 unspecified atom stereocenters. The number of likely N-dealkylation sites (tertiary alicyclic amines) is 1. The van der Waals surface area contributed by atoms with Gasteiger partial charge in [-0.3, -0.25) is 14.4 Å². The number of halogens is 4. The number of carbonyl (C=O) groups is 3. The largest absolute Gasteiger partial charge is 0.416 e. The van der Waals surface area contributed by atoms with E-state index in [9.17, 15) is 27.6 Å². The van der Waals surface area contributed by atoms with Crippen LogP contribution in [0.3, 0.4) is 0 Å². The van der Waals surface area contributed by atoms with Gasteiger partial charge in [-0.25, -0.2) is 0 Å². The second-order valence-corrected chi connectivity index (χ2v) is 8.94. The van der Waals surface area contributed by atoms with E-state index in [1.165, 1.54) is 17.0 Å². The fraction of sp³-hybridized carbons (Fsp3) is 0.375. The van der Waals surface area contributed by atoms with Crippen LogP contribution in [0.5, 0.6) is 0 Å². The van der Waals surface area contributed by atoms with Crippen molar-refractivity contribution in [1.82, 2.24) is 14.7 Å². The molecule has 0 radical (unpaired) electrons. The van der Waals surface area contributed by atoms with Crippen LogP contribution in [0.15, 0.2) is 48.5 Å². The van der Waals surface area contributed by atoms with Gasteiger partial charge in [-0.1, -0.05) is 29.8 Å². The quantitative estimate of drug-likeness (QED) is 0.652. The smallest absolute Gasteiger partial charge is 0.339 e. The van der Waals surface area contributed by atoms with Gasteiger partial charge in [0.1, 0.15) is 0 Å². The van der Waals surface area contributed by atoms with E-state index in [1.54, 1.807) is 34.1 Å². The number of benzene rings is 2. The molecule has 2 fully saturated rings. The summed E-state index contributed by atoms with van der Waals surface area (Å²) in [6, 6.07) is 11.5. The molecule has 6 nitrogen and oxygen atoms in total. The molecule has 34 heavy (non-hydrogen) atoms.